The third-order valence-corrected chi connectivity index (χ3v) is 10.3. The van der Waals surface area contributed by atoms with Crippen molar-refractivity contribution in [1.29, 1.82) is 0 Å². The average molecular weight is 663 g/mol. The molecule has 0 fully saturated rings. The van der Waals surface area contributed by atoms with E-state index in [4.69, 9.17) is 26.2 Å². The maximum Gasteiger partial charge on any atom is 0.164 e. The van der Waals surface area contributed by atoms with E-state index in [9.17, 15) is 0 Å². The highest BCUT2D eigenvalue weighted by molar-refractivity contribution is 7.26. The Balaban J connectivity index is 1.21. The van der Waals surface area contributed by atoms with E-state index >= 15 is 0 Å². The van der Waals surface area contributed by atoms with Gasteiger partial charge in [0, 0.05) is 53.2 Å². The molecule has 4 nitrogen and oxygen atoms in total. The molecule has 5 heteroatoms. The van der Waals surface area contributed by atoms with Gasteiger partial charge in [0.05, 0.1) is 6.85 Å². The highest BCUT2D eigenvalue weighted by atomic mass is 32.1. The molecule has 234 valence electrons. The van der Waals surface area contributed by atoms with Crippen LogP contribution in [0.15, 0.2) is 168 Å². The lowest BCUT2D eigenvalue weighted by Crippen LogP contribution is -2.00. The molecule has 7 aromatic carbocycles. The Labute approximate surface area is 299 Å². The van der Waals surface area contributed by atoms with E-state index in [0.717, 1.165) is 38.6 Å². The maximum atomic E-state index is 8.78. The minimum absolute atomic E-state index is 0.0258. The van der Waals surface area contributed by atoms with E-state index in [1.165, 1.54) is 20.2 Å². The summed E-state index contributed by atoms with van der Waals surface area (Å²) in [4.78, 5) is 14.6. The summed E-state index contributed by atoms with van der Waals surface area (Å²) in [5.74, 6) is 0.539. The molecule has 0 aliphatic carbocycles. The number of aromatic nitrogens is 3. The molecule has 0 saturated heterocycles. The molecule has 0 unspecified atom stereocenters. The zero-order chi connectivity index (χ0) is 37.4. The van der Waals surface area contributed by atoms with Gasteiger partial charge in [-0.25, -0.2) is 15.0 Å². The smallest absolute Gasteiger partial charge is 0.164 e. The molecule has 10 aromatic rings. The lowest BCUT2D eigenvalue weighted by atomic mass is 9.92. The largest absolute Gasteiger partial charge is 0.456 e. The van der Waals surface area contributed by atoms with Crippen molar-refractivity contribution in [3.8, 4) is 56.4 Å². The minimum Gasteiger partial charge on any atom is -0.456 e. The predicted octanol–water partition coefficient (Wildman–Crippen LogP) is 12.5. The number of hydrogen-bond donors (Lipinski definition) is 0. The van der Waals surface area contributed by atoms with Crippen LogP contribution in [0.25, 0.3) is 98.5 Å². The van der Waals surface area contributed by atoms with Gasteiger partial charge in [-0.15, -0.1) is 11.3 Å². The molecule has 50 heavy (non-hydrogen) atoms. The highest BCUT2D eigenvalue weighted by Crippen LogP contribution is 2.43. The maximum absolute atomic E-state index is 8.78. The van der Waals surface area contributed by atoms with Gasteiger partial charge < -0.3 is 4.42 Å². The summed E-state index contributed by atoms with van der Waals surface area (Å²) >= 11 is 1.77. The number of para-hydroxylation sites is 1. The predicted molar refractivity (Wildman–Crippen MR) is 207 cm³/mol. The first-order chi connectivity index (χ1) is 26.8. The van der Waals surface area contributed by atoms with Crippen LogP contribution in [-0.2, 0) is 0 Å². The molecule has 0 radical (unpaired) electrons. The molecule has 0 bridgehead atoms. The second-order valence-corrected chi connectivity index (χ2v) is 13.1. The van der Waals surface area contributed by atoms with Crippen molar-refractivity contribution in [2.24, 2.45) is 0 Å². The van der Waals surface area contributed by atoms with Gasteiger partial charge in [-0.3, -0.25) is 0 Å². The zero-order valence-electron chi connectivity index (χ0n) is 31.4. The Hall–Kier alpha value is -6.43. The van der Waals surface area contributed by atoms with Crippen LogP contribution in [0, 0.1) is 0 Å². The van der Waals surface area contributed by atoms with Gasteiger partial charge in [0.2, 0.25) is 0 Å². The Kier molecular flexibility index (Phi) is 5.54. The molecular weight excluding hydrogens is 631 g/mol. The number of rotatable bonds is 5. The molecule has 0 amide bonds. The summed E-state index contributed by atoms with van der Waals surface area (Å²) in [5.41, 5.74) is 6.74. The molecule has 3 aromatic heterocycles. The minimum atomic E-state index is -0.486. The summed E-state index contributed by atoms with van der Waals surface area (Å²) in [7, 11) is 0. The SMILES string of the molecule is [2H]c1c([2H])c([2H])c(-c2nc(-c3ccc(-c4cccc5c4sc4ccccc45)c(-c4ccccc4)c3)nc(-c3ccc4c(c3)oc3ccccc34)n2)c([2H])c1[2H]. The van der Waals surface area contributed by atoms with Crippen LogP contribution < -0.4 is 0 Å². The van der Waals surface area contributed by atoms with Crippen molar-refractivity contribution in [3.05, 3.63) is 164 Å². The summed E-state index contributed by atoms with van der Waals surface area (Å²) in [5, 5.41) is 4.35. The summed E-state index contributed by atoms with van der Waals surface area (Å²) in [6.45, 7) is 0. The molecule has 0 aliphatic heterocycles. The third kappa shape index (κ3) is 4.79. The normalized spacial score (nSPS) is 13.0. The van der Waals surface area contributed by atoms with Crippen LogP contribution in [0.4, 0.5) is 0 Å². The van der Waals surface area contributed by atoms with Gasteiger partial charge in [-0.05, 0) is 47.0 Å². The Bertz CT molecular complexity index is 3150. The van der Waals surface area contributed by atoms with Crippen LogP contribution in [0.5, 0.6) is 0 Å². The fraction of sp³-hybridized carbons (Fsp3) is 0. The van der Waals surface area contributed by atoms with Crippen molar-refractivity contribution in [2.75, 3.05) is 0 Å². The van der Waals surface area contributed by atoms with Gasteiger partial charge in [0.15, 0.2) is 17.5 Å². The third-order valence-electron chi connectivity index (χ3n) is 9.05. The van der Waals surface area contributed by atoms with Gasteiger partial charge in [0.1, 0.15) is 11.2 Å². The zero-order valence-corrected chi connectivity index (χ0v) is 27.2. The Morgan fingerprint density at radius 2 is 1.10 bits per heavy atom. The number of hydrogen-bond acceptors (Lipinski definition) is 5. The number of nitrogens with zero attached hydrogens (tertiary/aromatic N) is 3. The summed E-state index contributed by atoms with van der Waals surface area (Å²) in [6, 6.07) is 42.5. The molecule has 0 N–H and O–H groups in total. The van der Waals surface area contributed by atoms with E-state index in [1.54, 1.807) is 11.3 Å². The van der Waals surface area contributed by atoms with E-state index in [1.807, 2.05) is 66.7 Å². The lowest BCUT2D eigenvalue weighted by molar-refractivity contribution is 0.669. The van der Waals surface area contributed by atoms with Gasteiger partial charge in [-0.2, -0.15) is 0 Å². The second kappa shape index (κ2) is 11.6. The second-order valence-electron chi connectivity index (χ2n) is 12.0. The molecule has 0 aliphatic rings. The molecule has 0 spiro atoms. The first kappa shape index (κ1) is 23.8. The van der Waals surface area contributed by atoms with Crippen LogP contribution in [0.2, 0.25) is 0 Å². The first-order valence-electron chi connectivity index (χ1n) is 18.7. The van der Waals surface area contributed by atoms with E-state index in [-0.39, 0.29) is 17.2 Å². The average Bonchev–Trinajstić information content (AvgIpc) is 3.80. The lowest BCUT2D eigenvalue weighted by Gasteiger charge is -2.14. The monoisotopic (exact) mass is 662 g/mol. The quantitative estimate of drug-likeness (QED) is 0.184. The summed E-state index contributed by atoms with van der Waals surface area (Å²) in [6.07, 6.45) is 0. The van der Waals surface area contributed by atoms with Crippen LogP contribution in [0.1, 0.15) is 6.85 Å². The van der Waals surface area contributed by atoms with E-state index in [0.29, 0.717) is 22.5 Å². The van der Waals surface area contributed by atoms with E-state index in [2.05, 4.69) is 66.7 Å². The Morgan fingerprint density at radius 3 is 1.94 bits per heavy atom. The van der Waals surface area contributed by atoms with Gasteiger partial charge in [0.25, 0.3) is 0 Å². The van der Waals surface area contributed by atoms with Crippen molar-refractivity contribution < 1.29 is 11.3 Å². The Morgan fingerprint density at radius 1 is 0.440 bits per heavy atom. The van der Waals surface area contributed by atoms with Crippen LogP contribution in [0.3, 0.4) is 0 Å². The fourth-order valence-electron chi connectivity index (χ4n) is 6.71. The number of thiophene rings is 1. The van der Waals surface area contributed by atoms with Gasteiger partial charge >= 0.3 is 0 Å². The van der Waals surface area contributed by atoms with Gasteiger partial charge in [-0.1, -0.05) is 133 Å². The summed E-state index contributed by atoms with van der Waals surface area (Å²) < 4.78 is 51.2. The van der Waals surface area contributed by atoms with Crippen molar-refractivity contribution in [1.82, 2.24) is 15.0 Å². The van der Waals surface area contributed by atoms with E-state index < -0.39 is 30.2 Å². The van der Waals surface area contributed by atoms with Crippen LogP contribution >= 0.6 is 11.3 Å². The molecule has 0 atom stereocenters. The number of fused-ring (bicyclic) bond motifs is 6. The van der Waals surface area contributed by atoms with Crippen molar-refractivity contribution in [3.63, 3.8) is 0 Å². The van der Waals surface area contributed by atoms with Crippen molar-refractivity contribution in [2.45, 2.75) is 0 Å². The molecule has 10 rings (SSSR count). The molecular formula is C45H27N3OS. The van der Waals surface area contributed by atoms with Crippen molar-refractivity contribution >= 4 is 53.4 Å². The fourth-order valence-corrected chi connectivity index (χ4v) is 7.94. The van der Waals surface area contributed by atoms with Crippen LogP contribution in [-0.4, -0.2) is 15.0 Å². The number of benzene rings is 7. The number of furan rings is 1. The molecule has 0 saturated carbocycles. The first-order valence-corrected chi connectivity index (χ1v) is 17.0. The standard InChI is InChI=1S/C45H27N3OS/c1-3-12-28(13-4-1)38-26-30(22-24-32(38)36-18-11-19-37-35-17-8-10-21-41(35)50-42(36)37)44-46-43(29-14-5-2-6-15-29)47-45(48-44)31-23-25-34-33-16-7-9-20-39(33)49-40(34)27-31/h1-27H/i2D,5D,6D,14D,15D. The molecule has 3 heterocycles. The highest BCUT2D eigenvalue weighted by Gasteiger charge is 2.18. The topological polar surface area (TPSA) is 51.8 Å².